The second-order valence-corrected chi connectivity index (χ2v) is 8.23. The van der Waals surface area contributed by atoms with E-state index in [2.05, 4.69) is 5.32 Å². The molecule has 1 amide bonds. The predicted molar refractivity (Wildman–Crippen MR) is 83.7 cm³/mol. The summed E-state index contributed by atoms with van der Waals surface area (Å²) in [5.41, 5.74) is -0.574. The zero-order chi connectivity index (χ0) is 16.7. The van der Waals surface area contributed by atoms with Gasteiger partial charge in [0.15, 0.2) is 0 Å². The molecule has 21 heavy (non-hydrogen) atoms. The monoisotopic (exact) mass is 323 g/mol. The molecule has 1 atom stereocenters. The summed E-state index contributed by atoms with van der Waals surface area (Å²) < 4.78 is 28.3. The molecule has 7 heteroatoms. The van der Waals surface area contributed by atoms with Gasteiger partial charge in [0.05, 0.1) is 19.4 Å². The third-order valence-corrected chi connectivity index (χ3v) is 4.72. The zero-order valence-electron chi connectivity index (χ0n) is 14.3. The van der Waals surface area contributed by atoms with Gasteiger partial charge in [0.2, 0.25) is 0 Å². The number of amides is 1. The van der Waals surface area contributed by atoms with Crippen LogP contribution in [0.2, 0.25) is 0 Å². The van der Waals surface area contributed by atoms with Crippen molar-refractivity contribution in [3.8, 4) is 0 Å². The average molecular weight is 323 g/mol. The SMILES string of the molecule is CCOP(=O)(C[C@@H](NC(=O)OC(C)(C)C)C(C)C)OCC. The molecule has 0 bridgehead atoms. The molecule has 0 saturated carbocycles. The van der Waals surface area contributed by atoms with Crippen LogP contribution in [0.3, 0.4) is 0 Å². The standard InChI is InChI=1S/C14H30NO5P/c1-8-18-21(17,19-9-2)10-12(11(3)4)15-13(16)20-14(5,6)7/h11-12H,8-10H2,1-7H3,(H,15,16)/t12-/m1/s1. The number of rotatable bonds is 8. The van der Waals surface area contributed by atoms with E-state index in [1.165, 1.54) is 0 Å². The molecule has 6 nitrogen and oxygen atoms in total. The van der Waals surface area contributed by atoms with Crippen LogP contribution in [0.4, 0.5) is 4.79 Å². The first-order valence-corrected chi connectivity index (χ1v) is 9.13. The van der Waals surface area contributed by atoms with E-state index in [0.717, 1.165) is 0 Å². The lowest BCUT2D eigenvalue weighted by molar-refractivity contribution is 0.0495. The van der Waals surface area contributed by atoms with Gasteiger partial charge >= 0.3 is 13.7 Å². The van der Waals surface area contributed by atoms with Gasteiger partial charge in [-0.2, -0.15) is 0 Å². The molecular weight excluding hydrogens is 293 g/mol. The number of carbonyl (C=O) groups is 1. The van der Waals surface area contributed by atoms with Crippen LogP contribution in [0.1, 0.15) is 48.5 Å². The Labute approximate surface area is 128 Å². The van der Waals surface area contributed by atoms with E-state index in [-0.39, 0.29) is 18.1 Å². The van der Waals surface area contributed by atoms with Gasteiger partial charge in [-0.15, -0.1) is 0 Å². The van der Waals surface area contributed by atoms with Crippen LogP contribution in [0.15, 0.2) is 0 Å². The molecule has 0 aliphatic rings. The van der Waals surface area contributed by atoms with E-state index in [1.54, 1.807) is 34.6 Å². The van der Waals surface area contributed by atoms with Crippen molar-refractivity contribution in [2.45, 2.75) is 60.1 Å². The van der Waals surface area contributed by atoms with Crippen LogP contribution in [0.5, 0.6) is 0 Å². The molecule has 0 radical (unpaired) electrons. The van der Waals surface area contributed by atoms with Gasteiger partial charge < -0.3 is 19.1 Å². The number of alkyl carbamates (subject to hydrolysis) is 1. The van der Waals surface area contributed by atoms with Gasteiger partial charge in [-0.3, -0.25) is 4.57 Å². The fourth-order valence-corrected chi connectivity index (χ4v) is 3.73. The smallest absolute Gasteiger partial charge is 0.407 e. The van der Waals surface area contributed by atoms with Gasteiger partial charge in [0.1, 0.15) is 5.60 Å². The molecule has 0 spiro atoms. The van der Waals surface area contributed by atoms with Crippen LogP contribution in [-0.4, -0.2) is 37.1 Å². The van der Waals surface area contributed by atoms with E-state index in [0.29, 0.717) is 13.2 Å². The molecule has 0 saturated heterocycles. The van der Waals surface area contributed by atoms with Crippen molar-refractivity contribution in [3.05, 3.63) is 0 Å². The highest BCUT2D eigenvalue weighted by Crippen LogP contribution is 2.49. The van der Waals surface area contributed by atoms with Crippen molar-refractivity contribution >= 4 is 13.7 Å². The van der Waals surface area contributed by atoms with Crippen LogP contribution in [-0.2, 0) is 18.3 Å². The molecule has 0 aromatic heterocycles. The van der Waals surface area contributed by atoms with Gasteiger partial charge in [0.25, 0.3) is 0 Å². The Bertz CT molecular complexity index is 355. The molecular formula is C14H30NO5P. The van der Waals surface area contributed by atoms with Gasteiger partial charge in [0, 0.05) is 6.04 Å². The van der Waals surface area contributed by atoms with Gasteiger partial charge in [-0.05, 0) is 40.5 Å². The third-order valence-electron chi connectivity index (χ3n) is 2.58. The van der Waals surface area contributed by atoms with Crippen molar-refractivity contribution in [2.24, 2.45) is 5.92 Å². The van der Waals surface area contributed by atoms with Gasteiger partial charge in [-0.1, -0.05) is 13.8 Å². The van der Waals surface area contributed by atoms with E-state index in [4.69, 9.17) is 13.8 Å². The highest BCUT2D eigenvalue weighted by atomic mass is 31.2. The Hall–Kier alpha value is -0.580. The molecule has 0 unspecified atom stereocenters. The summed E-state index contributed by atoms with van der Waals surface area (Å²) in [6.45, 7) is 13.4. The summed E-state index contributed by atoms with van der Waals surface area (Å²) in [5.74, 6) is 0.0757. The summed E-state index contributed by atoms with van der Waals surface area (Å²) in [6, 6.07) is -0.344. The van der Waals surface area contributed by atoms with E-state index >= 15 is 0 Å². The lowest BCUT2D eigenvalue weighted by atomic mass is 10.1. The van der Waals surface area contributed by atoms with Crippen molar-refractivity contribution in [3.63, 3.8) is 0 Å². The average Bonchev–Trinajstić information content (AvgIpc) is 2.25. The Kier molecular flexibility index (Phi) is 8.52. The highest BCUT2D eigenvalue weighted by Gasteiger charge is 2.32. The van der Waals surface area contributed by atoms with Crippen LogP contribution in [0, 0.1) is 5.92 Å². The molecule has 0 aromatic carbocycles. The zero-order valence-corrected chi connectivity index (χ0v) is 15.2. The summed E-state index contributed by atoms with van der Waals surface area (Å²) in [4.78, 5) is 11.9. The van der Waals surface area contributed by atoms with Crippen LogP contribution < -0.4 is 5.32 Å². The quantitative estimate of drug-likeness (QED) is 0.688. The summed E-state index contributed by atoms with van der Waals surface area (Å²) in [7, 11) is -3.21. The molecule has 0 rings (SSSR count). The lowest BCUT2D eigenvalue weighted by Crippen LogP contribution is -2.44. The minimum absolute atomic E-state index is 0.0757. The maximum Gasteiger partial charge on any atom is 0.407 e. The number of ether oxygens (including phenoxy) is 1. The minimum Gasteiger partial charge on any atom is -0.444 e. The molecule has 1 N–H and O–H groups in total. The minimum atomic E-state index is -3.21. The van der Waals surface area contributed by atoms with E-state index in [9.17, 15) is 9.36 Å². The van der Waals surface area contributed by atoms with Crippen molar-refractivity contribution in [2.75, 3.05) is 19.4 Å². The molecule has 0 aliphatic heterocycles. The number of hydrogen-bond acceptors (Lipinski definition) is 5. The largest absolute Gasteiger partial charge is 0.444 e. The van der Waals surface area contributed by atoms with Gasteiger partial charge in [-0.25, -0.2) is 4.79 Å². The summed E-state index contributed by atoms with van der Waals surface area (Å²) >= 11 is 0. The second kappa shape index (κ2) is 8.76. The lowest BCUT2D eigenvalue weighted by Gasteiger charge is -2.28. The summed E-state index contributed by atoms with van der Waals surface area (Å²) in [6.07, 6.45) is -0.397. The maximum atomic E-state index is 12.6. The molecule has 0 heterocycles. The number of carbonyl (C=O) groups excluding carboxylic acids is 1. The fourth-order valence-electron chi connectivity index (χ4n) is 1.66. The van der Waals surface area contributed by atoms with Crippen LogP contribution >= 0.6 is 7.60 Å². The van der Waals surface area contributed by atoms with Crippen LogP contribution in [0.25, 0.3) is 0 Å². The van der Waals surface area contributed by atoms with Crippen molar-refractivity contribution in [1.82, 2.24) is 5.32 Å². The first kappa shape index (κ1) is 20.4. The number of hydrogen-bond donors (Lipinski definition) is 1. The molecule has 0 aromatic rings. The van der Waals surface area contributed by atoms with Crippen molar-refractivity contribution < 1.29 is 23.1 Å². The van der Waals surface area contributed by atoms with Crippen molar-refractivity contribution in [1.29, 1.82) is 0 Å². The Balaban J connectivity index is 4.82. The summed E-state index contributed by atoms with van der Waals surface area (Å²) in [5, 5.41) is 2.75. The topological polar surface area (TPSA) is 73.9 Å². The third kappa shape index (κ3) is 9.12. The first-order chi connectivity index (χ1) is 9.53. The Morgan fingerprint density at radius 2 is 1.62 bits per heavy atom. The Morgan fingerprint density at radius 1 is 1.14 bits per heavy atom. The Morgan fingerprint density at radius 3 is 1.95 bits per heavy atom. The molecule has 0 aliphatic carbocycles. The predicted octanol–water partition coefficient (Wildman–Crippen LogP) is 3.80. The fraction of sp³-hybridized carbons (Fsp3) is 0.929. The number of nitrogens with one attached hydrogen (secondary N) is 1. The second-order valence-electron chi connectivity index (χ2n) is 6.13. The molecule has 0 fully saturated rings. The molecule has 126 valence electrons. The highest BCUT2D eigenvalue weighted by molar-refractivity contribution is 7.53. The van der Waals surface area contributed by atoms with E-state index in [1.807, 2.05) is 13.8 Å². The first-order valence-electron chi connectivity index (χ1n) is 7.40. The normalized spacial score (nSPS) is 14.1. The van der Waals surface area contributed by atoms with E-state index < -0.39 is 19.3 Å². The maximum absolute atomic E-state index is 12.6.